The highest BCUT2D eigenvalue weighted by atomic mass is 16.5. The summed E-state index contributed by atoms with van der Waals surface area (Å²) in [7, 11) is 2.78. The lowest BCUT2D eigenvalue weighted by Crippen LogP contribution is -2.47. The molecule has 0 aliphatic rings. The van der Waals surface area contributed by atoms with Gasteiger partial charge in [0, 0.05) is 7.11 Å². The average molecular weight is 293 g/mol. The van der Waals surface area contributed by atoms with Gasteiger partial charge in [0.25, 0.3) is 5.91 Å². The maximum Gasteiger partial charge on any atom is 0.328 e. The van der Waals surface area contributed by atoms with Crippen LogP contribution in [0.25, 0.3) is 0 Å². The molecule has 1 N–H and O–H groups in total. The molecule has 1 rings (SSSR count). The Hall–Kier alpha value is -1.88. The van der Waals surface area contributed by atoms with Crippen LogP contribution < -0.4 is 5.32 Å². The molecule has 3 atom stereocenters. The molecule has 0 aromatic heterocycles. The van der Waals surface area contributed by atoms with Crippen LogP contribution in [0.2, 0.25) is 0 Å². The first kappa shape index (κ1) is 17.2. The van der Waals surface area contributed by atoms with Crippen molar-refractivity contribution in [2.24, 2.45) is 5.92 Å². The lowest BCUT2D eigenvalue weighted by molar-refractivity contribution is -0.148. The highest BCUT2D eigenvalue weighted by molar-refractivity contribution is 5.87. The lowest BCUT2D eigenvalue weighted by atomic mass is 9.98. The molecule has 0 unspecified atom stereocenters. The summed E-state index contributed by atoms with van der Waals surface area (Å²) in [5.41, 5.74) is 0.741. The van der Waals surface area contributed by atoms with Gasteiger partial charge in [-0.15, -0.1) is 0 Å². The van der Waals surface area contributed by atoms with E-state index in [1.165, 1.54) is 14.2 Å². The van der Waals surface area contributed by atoms with E-state index in [4.69, 9.17) is 9.47 Å². The third-order valence-electron chi connectivity index (χ3n) is 3.54. The van der Waals surface area contributed by atoms with Gasteiger partial charge in [0.1, 0.15) is 6.04 Å². The van der Waals surface area contributed by atoms with Crippen molar-refractivity contribution >= 4 is 11.9 Å². The minimum atomic E-state index is -0.748. The van der Waals surface area contributed by atoms with Crippen LogP contribution in [0.4, 0.5) is 0 Å². The summed E-state index contributed by atoms with van der Waals surface area (Å²) in [6.45, 7) is 3.85. The lowest BCUT2D eigenvalue weighted by Gasteiger charge is -2.24. The molecule has 0 heterocycles. The van der Waals surface area contributed by atoms with Gasteiger partial charge in [0.2, 0.25) is 0 Å². The van der Waals surface area contributed by atoms with Crippen molar-refractivity contribution in [2.75, 3.05) is 14.2 Å². The van der Waals surface area contributed by atoms with E-state index in [1.807, 2.05) is 44.2 Å². The first-order valence-corrected chi connectivity index (χ1v) is 7.01. The molecule has 0 fully saturated rings. The van der Waals surface area contributed by atoms with Crippen molar-refractivity contribution < 1.29 is 19.1 Å². The van der Waals surface area contributed by atoms with Crippen molar-refractivity contribution in [3.8, 4) is 0 Å². The number of hydrogen-bond donors (Lipinski definition) is 1. The van der Waals surface area contributed by atoms with Gasteiger partial charge in [-0.1, -0.05) is 50.6 Å². The maximum atomic E-state index is 12.4. The third kappa shape index (κ3) is 4.56. The van der Waals surface area contributed by atoms with Crippen LogP contribution in [-0.2, 0) is 19.1 Å². The smallest absolute Gasteiger partial charge is 0.328 e. The zero-order chi connectivity index (χ0) is 15.8. The number of nitrogens with one attached hydrogen (secondary N) is 1. The highest BCUT2D eigenvalue weighted by Crippen LogP contribution is 2.18. The quantitative estimate of drug-likeness (QED) is 0.782. The second-order valence-electron chi connectivity index (χ2n) is 4.92. The van der Waals surface area contributed by atoms with Crippen LogP contribution in [0.1, 0.15) is 31.9 Å². The van der Waals surface area contributed by atoms with Gasteiger partial charge in [-0.3, -0.25) is 4.79 Å². The predicted octanol–water partition coefficient (Wildman–Crippen LogP) is 2.08. The van der Waals surface area contributed by atoms with Crippen LogP contribution in [0.15, 0.2) is 30.3 Å². The Balaban J connectivity index is 2.87. The number of ether oxygens (including phenoxy) is 2. The number of carbonyl (C=O) groups is 2. The van der Waals surface area contributed by atoms with E-state index in [0.29, 0.717) is 0 Å². The molecular weight excluding hydrogens is 270 g/mol. The number of amides is 1. The van der Waals surface area contributed by atoms with E-state index in [9.17, 15) is 9.59 Å². The number of rotatable bonds is 7. The Labute approximate surface area is 125 Å². The van der Waals surface area contributed by atoms with Crippen molar-refractivity contribution in [1.82, 2.24) is 5.32 Å². The zero-order valence-corrected chi connectivity index (χ0v) is 13.0. The van der Waals surface area contributed by atoms with Gasteiger partial charge in [-0.05, 0) is 11.5 Å². The maximum absolute atomic E-state index is 12.4. The van der Waals surface area contributed by atoms with E-state index in [2.05, 4.69) is 5.32 Å². The van der Waals surface area contributed by atoms with Crippen molar-refractivity contribution in [3.63, 3.8) is 0 Å². The standard InChI is InChI=1S/C16H23NO4/c1-5-11(2)13(16(19)21-4)17-15(18)14(20-3)12-9-7-6-8-10-12/h6-11,13-14H,5H2,1-4H3,(H,17,18)/t11-,13-,14-/m0/s1. The normalized spacial score (nSPS) is 14.9. The fourth-order valence-electron chi connectivity index (χ4n) is 2.05. The van der Waals surface area contributed by atoms with Crippen LogP contribution in [0, 0.1) is 5.92 Å². The second-order valence-corrected chi connectivity index (χ2v) is 4.92. The number of benzene rings is 1. The fourth-order valence-corrected chi connectivity index (χ4v) is 2.05. The zero-order valence-electron chi connectivity index (χ0n) is 13.0. The molecule has 0 bridgehead atoms. The summed E-state index contributed by atoms with van der Waals surface area (Å²) in [6, 6.07) is 8.48. The Bertz CT molecular complexity index is 461. The van der Waals surface area contributed by atoms with Gasteiger partial charge in [-0.25, -0.2) is 4.79 Å². The summed E-state index contributed by atoms with van der Waals surface area (Å²) >= 11 is 0. The summed E-state index contributed by atoms with van der Waals surface area (Å²) in [5, 5.41) is 2.73. The van der Waals surface area contributed by atoms with E-state index in [0.717, 1.165) is 12.0 Å². The Kier molecular flexibility index (Phi) is 6.88. The molecule has 5 nitrogen and oxygen atoms in total. The minimum absolute atomic E-state index is 0.0188. The Morgan fingerprint density at radius 3 is 2.29 bits per heavy atom. The van der Waals surface area contributed by atoms with Gasteiger partial charge in [0.15, 0.2) is 6.10 Å². The van der Waals surface area contributed by atoms with Crippen LogP contribution in [0.3, 0.4) is 0 Å². The number of esters is 1. The second kappa shape index (κ2) is 8.42. The Morgan fingerprint density at radius 1 is 1.19 bits per heavy atom. The van der Waals surface area contributed by atoms with Crippen LogP contribution in [-0.4, -0.2) is 32.1 Å². The number of methoxy groups -OCH3 is 2. The SMILES string of the molecule is CC[C@H](C)[C@H](NC(=O)[C@@H](OC)c1ccccc1)C(=O)OC. The van der Waals surface area contributed by atoms with Crippen molar-refractivity contribution in [2.45, 2.75) is 32.4 Å². The van der Waals surface area contributed by atoms with Crippen LogP contribution >= 0.6 is 0 Å². The molecule has 0 aliphatic heterocycles. The predicted molar refractivity (Wildman–Crippen MR) is 79.6 cm³/mol. The topological polar surface area (TPSA) is 64.6 Å². The summed E-state index contributed by atoms with van der Waals surface area (Å²) < 4.78 is 10.0. The van der Waals surface area contributed by atoms with Gasteiger partial charge in [0.05, 0.1) is 7.11 Å². The van der Waals surface area contributed by atoms with E-state index < -0.39 is 18.1 Å². The van der Waals surface area contributed by atoms with Gasteiger partial charge < -0.3 is 14.8 Å². The third-order valence-corrected chi connectivity index (χ3v) is 3.54. The minimum Gasteiger partial charge on any atom is -0.467 e. The van der Waals surface area contributed by atoms with Crippen molar-refractivity contribution in [1.29, 1.82) is 0 Å². The van der Waals surface area contributed by atoms with Crippen LogP contribution in [0.5, 0.6) is 0 Å². The van der Waals surface area contributed by atoms with E-state index in [1.54, 1.807) is 0 Å². The molecule has 0 saturated carbocycles. The Morgan fingerprint density at radius 2 is 1.81 bits per heavy atom. The monoisotopic (exact) mass is 293 g/mol. The summed E-state index contributed by atoms with van der Waals surface area (Å²) in [6.07, 6.45) is 0.00524. The molecule has 1 aromatic carbocycles. The average Bonchev–Trinajstić information content (AvgIpc) is 2.52. The fraction of sp³-hybridized carbons (Fsp3) is 0.500. The highest BCUT2D eigenvalue weighted by Gasteiger charge is 2.30. The van der Waals surface area contributed by atoms with Crippen molar-refractivity contribution in [3.05, 3.63) is 35.9 Å². The molecule has 21 heavy (non-hydrogen) atoms. The van der Waals surface area contributed by atoms with Gasteiger partial charge >= 0.3 is 5.97 Å². The molecule has 0 aliphatic carbocycles. The molecule has 1 amide bonds. The summed E-state index contributed by atoms with van der Waals surface area (Å²) in [4.78, 5) is 24.2. The molecule has 5 heteroatoms. The van der Waals surface area contributed by atoms with E-state index in [-0.39, 0.29) is 11.8 Å². The van der Waals surface area contributed by atoms with E-state index >= 15 is 0 Å². The molecule has 116 valence electrons. The first-order chi connectivity index (χ1) is 10.0. The molecular formula is C16H23NO4. The molecule has 1 aromatic rings. The number of hydrogen-bond acceptors (Lipinski definition) is 4. The summed E-state index contributed by atoms with van der Waals surface area (Å²) in [5.74, 6) is -0.810. The van der Waals surface area contributed by atoms with Gasteiger partial charge in [-0.2, -0.15) is 0 Å². The first-order valence-electron chi connectivity index (χ1n) is 7.01. The molecule has 0 saturated heterocycles. The number of carbonyl (C=O) groups excluding carboxylic acids is 2. The molecule has 0 radical (unpaired) electrons. The molecule has 0 spiro atoms. The largest absolute Gasteiger partial charge is 0.467 e.